The number of rotatable bonds is 9. The zero-order valence-corrected chi connectivity index (χ0v) is 21.6. The Bertz CT molecular complexity index is 1080. The summed E-state index contributed by atoms with van der Waals surface area (Å²) in [6.07, 6.45) is 7.37. The summed E-state index contributed by atoms with van der Waals surface area (Å²) in [5, 5.41) is 0. The summed E-state index contributed by atoms with van der Waals surface area (Å²) in [7, 11) is 0. The fraction of sp³-hybridized carbons (Fsp3) is 0.308. The summed E-state index contributed by atoms with van der Waals surface area (Å²) in [5.41, 5.74) is 4.53. The molecule has 0 aliphatic carbocycles. The normalized spacial score (nSPS) is 11.3. The Labute approximate surface area is 200 Å². The molecule has 0 amide bonds. The summed E-state index contributed by atoms with van der Waals surface area (Å²) in [6.45, 7) is 4.60. The number of hydrogen-bond acceptors (Lipinski definition) is 3. The molecule has 3 heterocycles. The van der Waals surface area contributed by atoms with Crippen molar-refractivity contribution < 1.29 is 0 Å². The lowest BCUT2D eigenvalue weighted by Crippen LogP contribution is -1.94. The van der Waals surface area contributed by atoms with Gasteiger partial charge >= 0.3 is 0 Å². The summed E-state index contributed by atoms with van der Waals surface area (Å²) in [5.74, 6) is 0. The van der Waals surface area contributed by atoms with E-state index in [-0.39, 0.29) is 0 Å². The van der Waals surface area contributed by atoms with E-state index in [4.69, 9.17) is 0 Å². The fourth-order valence-electron chi connectivity index (χ4n) is 3.79. The molecular formula is C26H27BrS3. The highest BCUT2D eigenvalue weighted by Gasteiger charge is 2.22. The third kappa shape index (κ3) is 4.83. The second-order valence-corrected chi connectivity index (χ2v) is 12.1. The standard InChI is InChI=1S/C26H27BrS3/c1-3-5-12-19-20(13-6-4-2)26(23-16-17-24(27)29-23)30-25(19)22-15-14-21(28-22)18-10-8-7-9-11-18/h7-11,14-17H,3-6,12-13H2,1-2H3. The quantitative estimate of drug-likeness (QED) is 0.208. The van der Waals surface area contributed by atoms with E-state index < -0.39 is 0 Å². The van der Waals surface area contributed by atoms with Crippen LogP contribution in [-0.4, -0.2) is 0 Å². The average Bonchev–Trinajstić information content (AvgIpc) is 3.49. The van der Waals surface area contributed by atoms with E-state index in [0.29, 0.717) is 0 Å². The second kappa shape index (κ2) is 10.4. The van der Waals surface area contributed by atoms with E-state index >= 15 is 0 Å². The van der Waals surface area contributed by atoms with Crippen molar-refractivity contribution in [3.63, 3.8) is 0 Å². The number of thiophene rings is 3. The maximum Gasteiger partial charge on any atom is 0.0705 e. The van der Waals surface area contributed by atoms with Crippen molar-refractivity contribution in [2.24, 2.45) is 0 Å². The van der Waals surface area contributed by atoms with Crippen LogP contribution >= 0.6 is 49.9 Å². The zero-order valence-electron chi connectivity index (χ0n) is 17.5. The fourth-order valence-corrected chi connectivity index (χ4v) is 7.86. The van der Waals surface area contributed by atoms with Crippen LogP contribution in [0.4, 0.5) is 0 Å². The molecule has 0 atom stereocenters. The first kappa shape index (κ1) is 22.0. The first-order valence-electron chi connectivity index (χ1n) is 10.8. The van der Waals surface area contributed by atoms with Crippen LogP contribution in [0.2, 0.25) is 0 Å². The first-order valence-corrected chi connectivity index (χ1v) is 14.0. The summed E-state index contributed by atoms with van der Waals surface area (Å²) >= 11 is 9.49. The van der Waals surface area contributed by atoms with Gasteiger partial charge in [0.15, 0.2) is 0 Å². The molecule has 0 spiro atoms. The monoisotopic (exact) mass is 514 g/mol. The largest absolute Gasteiger partial charge is 0.134 e. The number of hydrogen-bond donors (Lipinski definition) is 0. The minimum atomic E-state index is 1.19. The van der Waals surface area contributed by atoms with Gasteiger partial charge in [0.05, 0.1) is 3.79 Å². The van der Waals surface area contributed by atoms with Gasteiger partial charge in [0.2, 0.25) is 0 Å². The van der Waals surface area contributed by atoms with E-state index in [0.717, 1.165) is 0 Å². The molecular weight excluding hydrogens is 488 g/mol. The lowest BCUT2D eigenvalue weighted by molar-refractivity contribution is 0.764. The highest BCUT2D eigenvalue weighted by molar-refractivity contribution is 9.11. The van der Waals surface area contributed by atoms with Gasteiger partial charge in [0.25, 0.3) is 0 Å². The summed E-state index contributed by atoms with van der Waals surface area (Å²) in [6, 6.07) is 19.9. The topological polar surface area (TPSA) is 0 Å². The lowest BCUT2D eigenvalue weighted by Gasteiger charge is -2.08. The summed E-state index contributed by atoms with van der Waals surface area (Å²) in [4.78, 5) is 7.18. The van der Waals surface area contributed by atoms with Gasteiger partial charge in [-0.1, -0.05) is 57.0 Å². The van der Waals surface area contributed by atoms with Crippen molar-refractivity contribution in [2.75, 3.05) is 0 Å². The average molecular weight is 516 g/mol. The second-order valence-electron chi connectivity index (χ2n) is 7.56. The van der Waals surface area contributed by atoms with Crippen molar-refractivity contribution in [3.05, 3.63) is 69.5 Å². The highest BCUT2D eigenvalue weighted by atomic mass is 79.9. The van der Waals surface area contributed by atoms with Crippen LogP contribution in [0.15, 0.2) is 58.4 Å². The van der Waals surface area contributed by atoms with Gasteiger partial charge in [-0.05, 0) is 82.6 Å². The van der Waals surface area contributed by atoms with Gasteiger partial charge in [-0.3, -0.25) is 0 Å². The van der Waals surface area contributed by atoms with Crippen molar-refractivity contribution >= 4 is 49.9 Å². The van der Waals surface area contributed by atoms with Crippen LogP contribution in [0.25, 0.3) is 29.9 Å². The Kier molecular flexibility index (Phi) is 7.64. The Balaban J connectivity index is 1.82. The summed E-state index contributed by atoms with van der Waals surface area (Å²) < 4.78 is 1.21. The van der Waals surface area contributed by atoms with Gasteiger partial charge in [-0.25, -0.2) is 0 Å². The van der Waals surface area contributed by atoms with E-state index in [1.165, 1.54) is 72.3 Å². The van der Waals surface area contributed by atoms with Crippen molar-refractivity contribution in [1.82, 2.24) is 0 Å². The van der Waals surface area contributed by atoms with E-state index in [1.807, 2.05) is 34.0 Å². The molecule has 4 aromatic rings. The number of benzene rings is 1. The van der Waals surface area contributed by atoms with Crippen LogP contribution in [0.1, 0.15) is 50.7 Å². The van der Waals surface area contributed by atoms with Gasteiger partial charge in [-0.2, -0.15) is 0 Å². The van der Waals surface area contributed by atoms with Crippen LogP contribution in [-0.2, 0) is 12.8 Å². The Morgan fingerprint density at radius 2 is 1.20 bits per heavy atom. The molecule has 4 heteroatoms. The molecule has 0 unspecified atom stereocenters. The molecule has 0 aliphatic heterocycles. The smallest absolute Gasteiger partial charge is 0.0705 e. The minimum Gasteiger partial charge on any atom is -0.134 e. The van der Waals surface area contributed by atoms with Crippen LogP contribution in [0.3, 0.4) is 0 Å². The van der Waals surface area contributed by atoms with Gasteiger partial charge in [-0.15, -0.1) is 34.0 Å². The maximum absolute atomic E-state index is 3.67. The molecule has 0 fully saturated rings. The molecule has 0 radical (unpaired) electrons. The minimum absolute atomic E-state index is 1.19. The lowest BCUT2D eigenvalue weighted by atomic mass is 9.97. The highest BCUT2D eigenvalue weighted by Crippen LogP contribution is 2.48. The predicted octanol–water partition coefficient (Wildman–Crippen LogP) is 10.3. The van der Waals surface area contributed by atoms with Gasteiger partial charge in [0.1, 0.15) is 0 Å². The molecule has 4 rings (SSSR count). The molecule has 0 saturated heterocycles. The van der Waals surface area contributed by atoms with Gasteiger partial charge < -0.3 is 0 Å². The SMILES string of the molecule is CCCCc1c(-c2ccc(Br)s2)sc(-c2ccc(-c3ccccc3)s2)c1CCCC. The molecule has 1 aromatic carbocycles. The molecule has 156 valence electrons. The Hall–Kier alpha value is -1.20. The van der Waals surface area contributed by atoms with Crippen LogP contribution in [0, 0.1) is 0 Å². The van der Waals surface area contributed by atoms with Crippen LogP contribution < -0.4 is 0 Å². The van der Waals surface area contributed by atoms with E-state index in [9.17, 15) is 0 Å². The third-order valence-electron chi connectivity index (χ3n) is 5.36. The molecule has 0 nitrogen and oxygen atoms in total. The third-order valence-corrected chi connectivity index (χ3v) is 9.75. The Morgan fingerprint density at radius 1 is 0.633 bits per heavy atom. The number of unbranched alkanes of at least 4 members (excludes halogenated alkanes) is 2. The van der Waals surface area contributed by atoms with Crippen LogP contribution in [0.5, 0.6) is 0 Å². The first-order chi connectivity index (χ1) is 14.7. The van der Waals surface area contributed by atoms with Crippen molar-refractivity contribution in [2.45, 2.75) is 52.4 Å². The molecule has 0 aliphatic rings. The maximum atomic E-state index is 3.67. The molecule has 0 bridgehead atoms. The Morgan fingerprint density at radius 3 is 1.77 bits per heavy atom. The van der Waals surface area contributed by atoms with E-state index in [2.05, 4.69) is 84.4 Å². The molecule has 30 heavy (non-hydrogen) atoms. The van der Waals surface area contributed by atoms with Crippen molar-refractivity contribution in [1.29, 1.82) is 0 Å². The number of halogens is 1. The van der Waals surface area contributed by atoms with E-state index in [1.54, 1.807) is 11.1 Å². The zero-order chi connectivity index (χ0) is 20.9. The molecule has 0 saturated carbocycles. The van der Waals surface area contributed by atoms with Crippen molar-refractivity contribution in [3.8, 4) is 29.9 Å². The molecule has 0 N–H and O–H groups in total. The molecule has 3 aromatic heterocycles. The predicted molar refractivity (Wildman–Crippen MR) is 141 cm³/mol. The van der Waals surface area contributed by atoms with Gasteiger partial charge in [0, 0.05) is 24.4 Å².